The summed E-state index contributed by atoms with van der Waals surface area (Å²) < 4.78 is 37.9. The van der Waals surface area contributed by atoms with Crippen LogP contribution in [0.25, 0.3) is 10.9 Å². The van der Waals surface area contributed by atoms with Crippen LogP contribution in [0.5, 0.6) is 11.5 Å². The molecule has 0 aliphatic carbocycles. The van der Waals surface area contributed by atoms with Crippen LogP contribution in [0.1, 0.15) is 17.4 Å². The number of hydrogen-bond acceptors (Lipinski definition) is 8. The number of nitro groups is 1. The van der Waals surface area contributed by atoms with Crippen LogP contribution >= 0.6 is 0 Å². The molecule has 1 heterocycles. The zero-order valence-corrected chi connectivity index (χ0v) is 20.1. The number of amides is 1. The van der Waals surface area contributed by atoms with E-state index in [4.69, 9.17) is 9.47 Å². The van der Waals surface area contributed by atoms with Gasteiger partial charge in [0, 0.05) is 28.9 Å². The molecule has 0 bridgehead atoms. The Morgan fingerprint density at radius 3 is 2.47 bits per heavy atom. The third-order valence-electron chi connectivity index (χ3n) is 5.23. The fourth-order valence-corrected chi connectivity index (χ4v) is 4.53. The molecular weight excluding hydrogens is 488 g/mol. The first kappa shape index (κ1) is 24.5. The van der Waals surface area contributed by atoms with Crippen molar-refractivity contribution in [1.29, 1.82) is 0 Å². The second-order valence-electron chi connectivity index (χ2n) is 7.56. The fourth-order valence-electron chi connectivity index (χ4n) is 3.56. The highest BCUT2D eigenvalue weighted by Gasteiger charge is 2.23. The molecule has 3 aromatic carbocycles. The molecule has 1 amide bonds. The number of carbonyl (C=O) groups excluding carboxylic acids is 1. The van der Waals surface area contributed by atoms with Gasteiger partial charge in [-0.2, -0.15) is 0 Å². The molecule has 0 spiro atoms. The Balaban J connectivity index is 1.68. The van der Waals surface area contributed by atoms with E-state index >= 15 is 0 Å². The molecule has 0 fully saturated rings. The fraction of sp³-hybridized carbons (Fsp3) is 0.125. The number of fused-ring (bicyclic) bond motifs is 1. The maximum absolute atomic E-state index is 12.8. The highest BCUT2D eigenvalue weighted by Crippen LogP contribution is 2.34. The molecule has 11 nitrogen and oxygen atoms in total. The third-order valence-corrected chi connectivity index (χ3v) is 6.58. The van der Waals surface area contributed by atoms with Crippen LogP contribution < -0.4 is 19.5 Å². The van der Waals surface area contributed by atoms with Gasteiger partial charge in [0.2, 0.25) is 0 Å². The van der Waals surface area contributed by atoms with E-state index in [1.165, 1.54) is 49.6 Å². The molecule has 0 radical (unpaired) electrons. The summed E-state index contributed by atoms with van der Waals surface area (Å²) in [7, 11) is -2.76. The van der Waals surface area contributed by atoms with Gasteiger partial charge >= 0.3 is 0 Å². The van der Waals surface area contributed by atoms with Crippen molar-refractivity contribution in [2.24, 2.45) is 0 Å². The number of sulfonamides is 1. The second kappa shape index (κ2) is 9.96. The van der Waals surface area contributed by atoms with Crippen LogP contribution in [0.3, 0.4) is 0 Å². The molecule has 3 N–H and O–H groups in total. The van der Waals surface area contributed by atoms with Crippen molar-refractivity contribution in [1.82, 2.24) is 9.71 Å². The Morgan fingerprint density at radius 2 is 1.81 bits per heavy atom. The van der Waals surface area contributed by atoms with E-state index in [9.17, 15) is 23.3 Å². The number of ether oxygens (including phenoxy) is 2. The lowest BCUT2D eigenvalue weighted by atomic mass is 10.1. The summed E-state index contributed by atoms with van der Waals surface area (Å²) in [5.41, 5.74) is 0.763. The monoisotopic (exact) mass is 510 g/mol. The summed E-state index contributed by atoms with van der Waals surface area (Å²) in [6.45, 7) is 2.35. The summed E-state index contributed by atoms with van der Waals surface area (Å²) in [5, 5.41) is 15.1. The minimum atomic E-state index is -4.20. The van der Waals surface area contributed by atoms with Crippen LogP contribution in [-0.2, 0) is 10.0 Å². The molecular formula is C24H22N4O7S. The number of carbonyl (C=O) groups is 1. The van der Waals surface area contributed by atoms with Gasteiger partial charge in [-0.3, -0.25) is 14.9 Å². The van der Waals surface area contributed by atoms with Crippen LogP contribution in [-0.4, -0.2) is 37.9 Å². The van der Waals surface area contributed by atoms with Gasteiger partial charge in [-0.1, -0.05) is 6.07 Å². The Labute approximate surface area is 206 Å². The number of nitrogens with one attached hydrogen (secondary N) is 3. The van der Waals surface area contributed by atoms with Crippen LogP contribution in [0.2, 0.25) is 0 Å². The van der Waals surface area contributed by atoms with Crippen LogP contribution in [0.15, 0.2) is 71.6 Å². The molecule has 0 unspecified atom stereocenters. The first-order valence-corrected chi connectivity index (χ1v) is 12.2. The minimum absolute atomic E-state index is 0.0676. The first-order valence-electron chi connectivity index (χ1n) is 10.7. The van der Waals surface area contributed by atoms with Gasteiger partial charge in [0.15, 0.2) is 0 Å². The van der Waals surface area contributed by atoms with E-state index in [-0.39, 0.29) is 21.8 Å². The van der Waals surface area contributed by atoms with E-state index in [0.717, 1.165) is 0 Å². The summed E-state index contributed by atoms with van der Waals surface area (Å²) in [5.74, 6) is 0.120. The van der Waals surface area contributed by atoms with Gasteiger partial charge in [-0.05, 0) is 55.5 Å². The predicted octanol–water partition coefficient (Wildman–Crippen LogP) is 4.35. The molecule has 4 rings (SSSR count). The zero-order valence-electron chi connectivity index (χ0n) is 19.3. The van der Waals surface area contributed by atoms with Crippen molar-refractivity contribution in [3.63, 3.8) is 0 Å². The molecule has 0 aliphatic heterocycles. The molecule has 12 heteroatoms. The summed E-state index contributed by atoms with van der Waals surface area (Å²) >= 11 is 0. The smallest absolute Gasteiger partial charge is 0.293 e. The van der Waals surface area contributed by atoms with Crippen molar-refractivity contribution in [3.8, 4) is 11.5 Å². The van der Waals surface area contributed by atoms with E-state index in [1.54, 1.807) is 24.3 Å². The number of benzene rings is 3. The molecule has 0 atom stereocenters. The number of aromatic amines is 1. The first-order chi connectivity index (χ1) is 17.2. The zero-order chi connectivity index (χ0) is 25.9. The van der Waals surface area contributed by atoms with E-state index in [1.807, 2.05) is 11.6 Å². The number of H-pyrrole nitrogens is 1. The average molecular weight is 511 g/mol. The van der Waals surface area contributed by atoms with Gasteiger partial charge in [-0.15, -0.1) is 0 Å². The van der Waals surface area contributed by atoms with Gasteiger partial charge in [0.1, 0.15) is 22.7 Å². The number of hydrogen-bond donors (Lipinski definition) is 3. The van der Waals surface area contributed by atoms with Crippen molar-refractivity contribution >= 4 is 43.9 Å². The lowest BCUT2D eigenvalue weighted by Gasteiger charge is -2.10. The van der Waals surface area contributed by atoms with E-state index in [2.05, 4.69) is 10.3 Å². The highest BCUT2D eigenvalue weighted by atomic mass is 32.2. The minimum Gasteiger partial charge on any atom is -0.497 e. The van der Waals surface area contributed by atoms with Gasteiger partial charge in [0.25, 0.3) is 21.6 Å². The number of nitro benzene ring substituents is 1. The Kier molecular flexibility index (Phi) is 6.79. The van der Waals surface area contributed by atoms with Crippen molar-refractivity contribution < 1.29 is 27.6 Å². The Hall–Kier alpha value is -4.58. The summed E-state index contributed by atoms with van der Waals surface area (Å²) in [4.78, 5) is 26.4. The molecule has 1 aromatic heterocycles. The Bertz CT molecular complexity index is 1550. The topological polar surface area (TPSA) is 153 Å². The quantitative estimate of drug-likeness (QED) is 0.222. The number of non-ortho nitro benzene ring substituents is 1. The lowest BCUT2D eigenvalue weighted by Crippen LogP contribution is -2.30. The number of anilines is 2. The highest BCUT2D eigenvalue weighted by molar-refractivity contribution is 7.90. The van der Waals surface area contributed by atoms with Gasteiger partial charge < -0.3 is 19.8 Å². The lowest BCUT2D eigenvalue weighted by molar-refractivity contribution is -0.383. The molecule has 4 aromatic rings. The summed E-state index contributed by atoms with van der Waals surface area (Å²) in [6, 6.07) is 16.8. The molecule has 0 saturated carbocycles. The van der Waals surface area contributed by atoms with Crippen LogP contribution in [0, 0.1) is 10.1 Å². The molecule has 186 valence electrons. The number of aromatic nitrogens is 1. The van der Waals surface area contributed by atoms with Gasteiger partial charge in [0.05, 0.1) is 23.5 Å². The van der Waals surface area contributed by atoms with Crippen LogP contribution in [0.4, 0.5) is 17.1 Å². The Morgan fingerprint density at radius 1 is 1.06 bits per heavy atom. The SMILES string of the molecule is CCOc1cccc(Nc2ccc([N+](=O)[O-])c3[nH]c(C(=O)NS(=O)(=O)c4ccc(OC)cc4)cc23)c1. The maximum atomic E-state index is 12.8. The normalized spacial score (nSPS) is 11.2. The molecule has 36 heavy (non-hydrogen) atoms. The number of rotatable bonds is 9. The van der Waals surface area contributed by atoms with Crippen molar-refractivity contribution in [2.45, 2.75) is 11.8 Å². The number of nitrogens with zero attached hydrogens (tertiary/aromatic N) is 1. The molecule has 0 aliphatic rings. The predicted molar refractivity (Wildman–Crippen MR) is 133 cm³/mol. The van der Waals surface area contributed by atoms with E-state index < -0.39 is 20.9 Å². The number of methoxy groups -OCH3 is 1. The largest absolute Gasteiger partial charge is 0.497 e. The average Bonchev–Trinajstić information content (AvgIpc) is 3.30. The third kappa shape index (κ3) is 5.08. The standard InChI is InChI=1S/C24H22N4O7S/c1-3-35-17-6-4-5-15(13-17)25-20-11-12-22(28(30)31)23-19(20)14-21(26-23)24(29)27-36(32,33)18-9-7-16(34-2)8-10-18/h4-14,25-26H,3H2,1-2H3,(H,27,29). The van der Waals surface area contributed by atoms with Crippen molar-refractivity contribution in [3.05, 3.63) is 82.5 Å². The van der Waals surface area contributed by atoms with Gasteiger partial charge in [-0.25, -0.2) is 13.1 Å². The molecule has 0 saturated heterocycles. The van der Waals surface area contributed by atoms with Crippen molar-refractivity contribution in [2.75, 3.05) is 19.0 Å². The van der Waals surface area contributed by atoms with E-state index in [0.29, 0.717) is 34.9 Å². The maximum Gasteiger partial charge on any atom is 0.293 e. The second-order valence-corrected chi connectivity index (χ2v) is 9.24. The summed E-state index contributed by atoms with van der Waals surface area (Å²) in [6.07, 6.45) is 0.